The van der Waals surface area contributed by atoms with Crippen molar-refractivity contribution >= 4 is 11.5 Å². The van der Waals surface area contributed by atoms with E-state index in [1.807, 2.05) is 6.92 Å². The van der Waals surface area contributed by atoms with Crippen LogP contribution in [0.1, 0.15) is 23.7 Å². The Morgan fingerprint density at radius 1 is 1.54 bits per heavy atom. The number of hydrogen-bond acceptors (Lipinski definition) is 3. The summed E-state index contributed by atoms with van der Waals surface area (Å²) in [7, 11) is 0. The van der Waals surface area contributed by atoms with Crippen molar-refractivity contribution in [1.29, 1.82) is 0 Å². The van der Waals surface area contributed by atoms with Crippen LogP contribution >= 0.6 is 0 Å². The summed E-state index contributed by atoms with van der Waals surface area (Å²) in [5, 5.41) is 12.4. The molecule has 1 heterocycles. The first-order valence-electron chi connectivity index (χ1n) is 4.29. The number of benzene rings is 1. The zero-order valence-electron chi connectivity index (χ0n) is 7.37. The van der Waals surface area contributed by atoms with Crippen molar-refractivity contribution in [1.82, 2.24) is 0 Å². The molecule has 0 bridgehead atoms. The fraction of sp³-hybridized carbons (Fsp3) is 0.300. The second-order valence-electron chi connectivity index (χ2n) is 3.40. The zero-order valence-corrected chi connectivity index (χ0v) is 7.37. The molecule has 1 aromatic carbocycles. The summed E-state index contributed by atoms with van der Waals surface area (Å²) in [4.78, 5) is 11.5. The van der Waals surface area contributed by atoms with E-state index in [9.17, 15) is 9.90 Å². The number of carbonyl (C=O) groups is 1. The number of ketones is 1. The van der Waals surface area contributed by atoms with Crippen LogP contribution in [-0.4, -0.2) is 16.9 Å². The van der Waals surface area contributed by atoms with Gasteiger partial charge in [-0.1, -0.05) is 0 Å². The minimum Gasteiger partial charge on any atom is -0.508 e. The van der Waals surface area contributed by atoms with E-state index in [1.165, 1.54) is 6.07 Å². The second-order valence-corrected chi connectivity index (χ2v) is 3.40. The lowest BCUT2D eigenvalue weighted by Crippen LogP contribution is -2.26. The van der Waals surface area contributed by atoms with Crippen molar-refractivity contribution in [3.8, 4) is 5.75 Å². The Balaban J connectivity index is 2.49. The first-order valence-corrected chi connectivity index (χ1v) is 4.29. The fourth-order valence-corrected chi connectivity index (χ4v) is 1.60. The molecular weight excluding hydrogens is 166 g/mol. The molecule has 1 aromatic rings. The Morgan fingerprint density at radius 2 is 2.31 bits per heavy atom. The highest BCUT2D eigenvalue weighted by atomic mass is 16.3. The Kier molecular flexibility index (Phi) is 1.72. The number of anilines is 1. The van der Waals surface area contributed by atoms with Crippen LogP contribution in [0.25, 0.3) is 0 Å². The highest BCUT2D eigenvalue weighted by Crippen LogP contribution is 2.27. The minimum atomic E-state index is 0.140. The largest absolute Gasteiger partial charge is 0.508 e. The van der Waals surface area contributed by atoms with Crippen LogP contribution in [0.5, 0.6) is 5.75 Å². The molecule has 13 heavy (non-hydrogen) atoms. The van der Waals surface area contributed by atoms with Crippen molar-refractivity contribution in [2.45, 2.75) is 19.4 Å². The molecule has 3 heteroatoms. The van der Waals surface area contributed by atoms with Crippen LogP contribution in [-0.2, 0) is 0 Å². The van der Waals surface area contributed by atoms with Gasteiger partial charge >= 0.3 is 0 Å². The van der Waals surface area contributed by atoms with Gasteiger partial charge in [0.2, 0.25) is 0 Å². The first kappa shape index (κ1) is 8.10. The smallest absolute Gasteiger partial charge is 0.166 e. The molecule has 2 N–H and O–H groups in total. The van der Waals surface area contributed by atoms with Crippen molar-refractivity contribution in [3.05, 3.63) is 23.8 Å². The zero-order chi connectivity index (χ0) is 9.42. The van der Waals surface area contributed by atoms with Gasteiger partial charge in [-0.15, -0.1) is 0 Å². The first-order chi connectivity index (χ1) is 6.16. The van der Waals surface area contributed by atoms with Crippen LogP contribution in [0.4, 0.5) is 5.69 Å². The number of carbonyl (C=O) groups excluding carboxylic acids is 1. The number of Topliss-reactive ketones (excluding diaryl/α,β-unsaturated/α-hetero) is 1. The van der Waals surface area contributed by atoms with Crippen LogP contribution in [0.15, 0.2) is 18.2 Å². The van der Waals surface area contributed by atoms with Crippen molar-refractivity contribution in [2.75, 3.05) is 5.32 Å². The minimum absolute atomic E-state index is 0.140. The lowest BCUT2D eigenvalue weighted by Gasteiger charge is -2.22. The number of nitrogens with one attached hydrogen (secondary N) is 1. The molecular formula is C10H11NO2. The van der Waals surface area contributed by atoms with Gasteiger partial charge in [0.05, 0.1) is 0 Å². The number of phenolic OH excluding ortho intramolecular Hbond substituents is 1. The molecule has 1 unspecified atom stereocenters. The summed E-state index contributed by atoms with van der Waals surface area (Å²) in [6.07, 6.45) is 0.526. The van der Waals surface area contributed by atoms with Crippen molar-refractivity contribution in [3.63, 3.8) is 0 Å². The molecule has 0 amide bonds. The maximum atomic E-state index is 11.5. The predicted octanol–water partition coefficient (Wildman–Crippen LogP) is 1.78. The summed E-state index contributed by atoms with van der Waals surface area (Å²) >= 11 is 0. The molecule has 0 radical (unpaired) electrons. The monoisotopic (exact) mass is 177 g/mol. The third-order valence-corrected chi connectivity index (χ3v) is 2.20. The topological polar surface area (TPSA) is 49.3 Å². The van der Waals surface area contributed by atoms with Crippen LogP contribution < -0.4 is 5.32 Å². The van der Waals surface area contributed by atoms with Gasteiger partial charge in [-0.3, -0.25) is 4.79 Å². The fourth-order valence-electron chi connectivity index (χ4n) is 1.60. The summed E-state index contributed by atoms with van der Waals surface area (Å²) in [6.45, 7) is 1.95. The number of aromatic hydroxyl groups is 1. The predicted molar refractivity (Wildman–Crippen MR) is 50.1 cm³/mol. The third-order valence-electron chi connectivity index (χ3n) is 2.20. The van der Waals surface area contributed by atoms with Gasteiger partial charge in [0, 0.05) is 29.8 Å². The SMILES string of the molecule is CC1CC(=O)c2ccc(O)cc2N1. The summed E-state index contributed by atoms with van der Waals surface area (Å²) in [5.74, 6) is 0.328. The Morgan fingerprint density at radius 3 is 3.08 bits per heavy atom. The maximum Gasteiger partial charge on any atom is 0.166 e. The lowest BCUT2D eigenvalue weighted by atomic mass is 9.97. The van der Waals surface area contributed by atoms with E-state index in [0.717, 1.165) is 5.69 Å². The van der Waals surface area contributed by atoms with E-state index in [1.54, 1.807) is 12.1 Å². The van der Waals surface area contributed by atoms with Crippen molar-refractivity contribution < 1.29 is 9.90 Å². The highest BCUT2D eigenvalue weighted by molar-refractivity contribution is 6.03. The van der Waals surface area contributed by atoms with Gasteiger partial charge in [-0.25, -0.2) is 0 Å². The molecule has 0 aliphatic carbocycles. The average molecular weight is 177 g/mol. The maximum absolute atomic E-state index is 11.5. The molecule has 0 saturated carbocycles. The van der Waals surface area contributed by atoms with Crippen LogP contribution in [0, 0.1) is 0 Å². The Hall–Kier alpha value is -1.51. The van der Waals surface area contributed by atoms with E-state index in [0.29, 0.717) is 12.0 Å². The van der Waals surface area contributed by atoms with Crippen LogP contribution in [0.3, 0.4) is 0 Å². The third kappa shape index (κ3) is 1.37. The van der Waals surface area contributed by atoms with Gasteiger partial charge in [0.15, 0.2) is 5.78 Å². The number of fused-ring (bicyclic) bond motifs is 1. The second kappa shape index (κ2) is 2.76. The van der Waals surface area contributed by atoms with Crippen molar-refractivity contribution in [2.24, 2.45) is 0 Å². The molecule has 2 rings (SSSR count). The standard InChI is InChI=1S/C10H11NO2/c1-6-4-10(13)8-3-2-7(12)5-9(8)11-6/h2-3,5-6,11-12H,4H2,1H3. The van der Waals surface area contributed by atoms with E-state index in [-0.39, 0.29) is 17.6 Å². The van der Waals surface area contributed by atoms with Gasteiger partial charge in [-0.2, -0.15) is 0 Å². The van der Waals surface area contributed by atoms with Gasteiger partial charge in [-0.05, 0) is 19.1 Å². The average Bonchev–Trinajstić information content (AvgIpc) is 2.02. The number of hydrogen-bond donors (Lipinski definition) is 2. The van der Waals surface area contributed by atoms with Gasteiger partial charge < -0.3 is 10.4 Å². The molecule has 1 aliphatic rings. The normalized spacial score (nSPS) is 20.7. The van der Waals surface area contributed by atoms with E-state index in [2.05, 4.69) is 5.32 Å². The number of phenols is 1. The molecule has 0 aromatic heterocycles. The summed E-state index contributed by atoms with van der Waals surface area (Å²) < 4.78 is 0. The molecule has 0 spiro atoms. The molecule has 1 aliphatic heterocycles. The quantitative estimate of drug-likeness (QED) is 0.635. The van der Waals surface area contributed by atoms with E-state index >= 15 is 0 Å². The highest BCUT2D eigenvalue weighted by Gasteiger charge is 2.21. The van der Waals surface area contributed by atoms with E-state index < -0.39 is 0 Å². The number of rotatable bonds is 0. The summed E-state index contributed by atoms with van der Waals surface area (Å²) in [6, 6.07) is 4.94. The van der Waals surface area contributed by atoms with Gasteiger partial charge in [0.1, 0.15) is 5.75 Å². The lowest BCUT2D eigenvalue weighted by molar-refractivity contribution is 0.0974. The summed E-state index contributed by atoms with van der Waals surface area (Å²) in [5.41, 5.74) is 1.42. The molecule has 1 atom stereocenters. The molecule has 0 fully saturated rings. The molecule has 68 valence electrons. The molecule has 0 saturated heterocycles. The van der Waals surface area contributed by atoms with E-state index in [4.69, 9.17) is 0 Å². The Bertz CT molecular complexity index is 360. The van der Waals surface area contributed by atoms with Crippen LogP contribution in [0.2, 0.25) is 0 Å². The van der Waals surface area contributed by atoms with Gasteiger partial charge in [0.25, 0.3) is 0 Å². The Labute approximate surface area is 76.4 Å². The molecule has 3 nitrogen and oxygen atoms in total.